The Hall–Kier alpha value is -0.620. The second-order valence-electron chi connectivity index (χ2n) is 2.58. The van der Waals surface area contributed by atoms with Crippen LogP contribution in [0.5, 0.6) is 0 Å². The van der Waals surface area contributed by atoms with Gasteiger partial charge in [0, 0.05) is 25.6 Å². The van der Waals surface area contributed by atoms with E-state index in [0.717, 1.165) is 0 Å². The van der Waals surface area contributed by atoms with Gasteiger partial charge in [-0.25, -0.2) is 8.42 Å². The summed E-state index contributed by atoms with van der Waals surface area (Å²) in [7, 11) is -2.85. The highest BCUT2D eigenvalue weighted by atomic mass is 32.2. The maximum absolute atomic E-state index is 10.7. The monoisotopic (exact) mass is 208 g/mol. The Kier molecular flexibility index (Phi) is 6.52. The molecule has 0 aliphatic rings. The Morgan fingerprint density at radius 3 is 2.69 bits per heavy atom. The van der Waals surface area contributed by atoms with Gasteiger partial charge in [0.2, 0.25) is 0 Å². The summed E-state index contributed by atoms with van der Waals surface area (Å²) < 4.78 is 21.3. The Balaban J connectivity index is 3.18. The average Bonchev–Trinajstić information content (AvgIpc) is 2.01. The quantitative estimate of drug-likeness (QED) is 0.352. The Bertz CT molecular complexity index is 236. The van der Waals surface area contributed by atoms with Crippen LogP contribution in [-0.4, -0.2) is 46.3 Å². The zero-order valence-corrected chi connectivity index (χ0v) is 8.80. The smallest absolute Gasteiger partial charge is 0.148 e. The van der Waals surface area contributed by atoms with Crippen LogP contribution in [-0.2, 0) is 14.7 Å². The first-order valence-electron chi connectivity index (χ1n) is 4.04. The lowest BCUT2D eigenvalue weighted by Crippen LogP contribution is -2.25. The lowest BCUT2D eigenvalue weighted by atomic mass is 10.6. The Labute approximate surface area is 79.1 Å². The van der Waals surface area contributed by atoms with Gasteiger partial charge in [-0.3, -0.25) is 0 Å². The third-order valence-electron chi connectivity index (χ3n) is 1.20. The minimum atomic E-state index is -2.85. The lowest BCUT2D eigenvalue weighted by Gasteiger charge is -2.01. The van der Waals surface area contributed by atoms with Crippen LogP contribution in [0.25, 0.3) is 0 Å². The molecule has 0 radical (unpaired) electrons. The van der Waals surface area contributed by atoms with Crippen molar-refractivity contribution in [1.82, 2.24) is 5.32 Å². The van der Waals surface area contributed by atoms with Crippen molar-refractivity contribution in [2.24, 2.45) is 5.16 Å². The first-order chi connectivity index (χ1) is 6.06. The number of oxime groups is 1. The fraction of sp³-hybridized carbons (Fsp3) is 0.857. The number of nitrogens with zero attached hydrogens (tertiary/aromatic N) is 1. The first kappa shape index (κ1) is 12.4. The van der Waals surface area contributed by atoms with Gasteiger partial charge in [-0.2, -0.15) is 0 Å². The zero-order valence-electron chi connectivity index (χ0n) is 7.99. The van der Waals surface area contributed by atoms with Crippen LogP contribution in [0.1, 0.15) is 6.92 Å². The van der Waals surface area contributed by atoms with Gasteiger partial charge in [-0.15, -0.1) is 0 Å². The van der Waals surface area contributed by atoms with Crippen molar-refractivity contribution in [3.63, 3.8) is 0 Å². The van der Waals surface area contributed by atoms with Gasteiger partial charge in [0.25, 0.3) is 0 Å². The molecule has 0 aromatic carbocycles. The lowest BCUT2D eigenvalue weighted by molar-refractivity contribution is 0.148. The maximum atomic E-state index is 10.7. The highest BCUT2D eigenvalue weighted by Crippen LogP contribution is 1.79. The number of nitrogens with one attached hydrogen (secondary N) is 1. The van der Waals surface area contributed by atoms with E-state index in [0.29, 0.717) is 19.7 Å². The number of sulfone groups is 1. The predicted molar refractivity (Wildman–Crippen MR) is 52.7 cm³/mol. The second kappa shape index (κ2) is 6.85. The van der Waals surface area contributed by atoms with Gasteiger partial charge in [-0.1, -0.05) is 5.16 Å². The van der Waals surface area contributed by atoms with Crippen LogP contribution in [0, 0.1) is 0 Å². The highest BCUT2D eigenvalue weighted by Gasteiger charge is 1.99. The van der Waals surface area contributed by atoms with E-state index >= 15 is 0 Å². The first-order valence-corrected chi connectivity index (χ1v) is 6.10. The van der Waals surface area contributed by atoms with Crippen molar-refractivity contribution >= 4 is 16.1 Å². The Morgan fingerprint density at radius 1 is 1.46 bits per heavy atom. The molecule has 0 aromatic rings. The van der Waals surface area contributed by atoms with Crippen molar-refractivity contribution in [2.75, 3.05) is 31.7 Å². The molecule has 0 saturated carbocycles. The molecule has 0 bridgehead atoms. The van der Waals surface area contributed by atoms with E-state index in [1.165, 1.54) is 6.26 Å². The largest absolute Gasteiger partial charge is 0.395 e. The zero-order chi connectivity index (χ0) is 10.2. The van der Waals surface area contributed by atoms with Gasteiger partial charge in [-0.05, 0) is 6.92 Å². The molecule has 0 atom stereocenters. The summed E-state index contributed by atoms with van der Waals surface area (Å²) >= 11 is 0. The third-order valence-corrected chi connectivity index (χ3v) is 2.15. The fourth-order valence-corrected chi connectivity index (χ4v) is 1.14. The highest BCUT2D eigenvalue weighted by molar-refractivity contribution is 7.90. The van der Waals surface area contributed by atoms with E-state index in [-0.39, 0.29) is 5.75 Å². The summed E-state index contributed by atoms with van der Waals surface area (Å²) in [4.78, 5) is 4.77. The minimum Gasteiger partial charge on any atom is -0.395 e. The summed E-state index contributed by atoms with van der Waals surface area (Å²) in [6, 6.07) is 0. The molecular formula is C7H16N2O3S. The number of hydrogen-bond acceptors (Lipinski definition) is 5. The van der Waals surface area contributed by atoms with E-state index in [9.17, 15) is 8.42 Å². The fourth-order valence-electron chi connectivity index (χ4n) is 0.628. The van der Waals surface area contributed by atoms with E-state index in [1.54, 1.807) is 13.1 Å². The van der Waals surface area contributed by atoms with E-state index in [2.05, 4.69) is 10.5 Å². The maximum Gasteiger partial charge on any atom is 0.148 e. The van der Waals surface area contributed by atoms with Gasteiger partial charge in [0.05, 0.1) is 5.75 Å². The Morgan fingerprint density at radius 2 is 2.15 bits per heavy atom. The molecule has 0 aliphatic carbocycles. The number of hydrogen-bond donors (Lipinski definition) is 1. The van der Waals surface area contributed by atoms with Crippen LogP contribution in [0.3, 0.4) is 0 Å². The summed E-state index contributed by atoms with van der Waals surface area (Å²) in [5, 5.41) is 6.46. The van der Waals surface area contributed by atoms with Crippen molar-refractivity contribution in [2.45, 2.75) is 6.92 Å². The molecule has 0 saturated heterocycles. The van der Waals surface area contributed by atoms with Crippen LogP contribution >= 0.6 is 0 Å². The average molecular weight is 208 g/mol. The molecular weight excluding hydrogens is 192 g/mol. The standard InChI is InChI=1S/C7H16N2O3S/c1-3-9-12-6-4-8-5-7-13(2,10)11/h3,8H,4-7H2,1-2H3/b9-3+. The molecule has 0 amide bonds. The molecule has 0 unspecified atom stereocenters. The summed E-state index contributed by atoms with van der Waals surface area (Å²) in [6.07, 6.45) is 2.77. The van der Waals surface area contributed by atoms with Gasteiger partial charge in [0.1, 0.15) is 16.4 Å². The van der Waals surface area contributed by atoms with Crippen molar-refractivity contribution < 1.29 is 13.3 Å². The molecule has 0 fully saturated rings. The summed E-state index contributed by atoms with van der Waals surface area (Å²) in [5.41, 5.74) is 0. The summed E-state index contributed by atoms with van der Waals surface area (Å²) in [6.45, 7) is 3.27. The molecule has 0 heterocycles. The predicted octanol–water partition coefficient (Wildman–Crippen LogP) is -0.357. The van der Waals surface area contributed by atoms with E-state index < -0.39 is 9.84 Å². The van der Waals surface area contributed by atoms with Crippen LogP contribution in [0.4, 0.5) is 0 Å². The normalized spacial score (nSPS) is 12.2. The third kappa shape index (κ3) is 11.4. The molecule has 0 aromatic heterocycles. The topological polar surface area (TPSA) is 67.8 Å². The van der Waals surface area contributed by atoms with E-state index in [4.69, 9.17) is 4.84 Å². The minimum absolute atomic E-state index is 0.157. The van der Waals surface area contributed by atoms with Gasteiger partial charge < -0.3 is 10.2 Å². The SMILES string of the molecule is C/C=N/OCCNCCS(C)(=O)=O. The van der Waals surface area contributed by atoms with Gasteiger partial charge in [0.15, 0.2) is 0 Å². The van der Waals surface area contributed by atoms with Gasteiger partial charge >= 0.3 is 0 Å². The van der Waals surface area contributed by atoms with Crippen molar-refractivity contribution in [3.8, 4) is 0 Å². The van der Waals surface area contributed by atoms with Crippen LogP contribution < -0.4 is 5.32 Å². The molecule has 5 nitrogen and oxygen atoms in total. The number of rotatable bonds is 7. The molecule has 1 N–H and O–H groups in total. The molecule has 13 heavy (non-hydrogen) atoms. The van der Waals surface area contributed by atoms with Crippen LogP contribution in [0.15, 0.2) is 5.16 Å². The molecule has 0 aliphatic heterocycles. The van der Waals surface area contributed by atoms with Crippen molar-refractivity contribution in [1.29, 1.82) is 0 Å². The summed E-state index contributed by atoms with van der Waals surface area (Å²) in [5.74, 6) is 0.157. The molecule has 0 spiro atoms. The van der Waals surface area contributed by atoms with E-state index in [1.807, 2.05) is 0 Å². The molecule has 78 valence electrons. The van der Waals surface area contributed by atoms with Crippen LogP contribution in [0.2, 0.25) is 0 Å². The van der Waals surface area contributed by atoms with Crippen molar-refractivity contribution in [3.05, 3.63) is 0 Å². The molecule has 6 heteroatoms. The second-order valence-corrected chi connectivity index (χ2v) is 4.84. The molecule has 0 rings (SSSR count).